The zero-order valence-corrected chi connectivity index (χ0v) is 18.0. The van der Waals surface area contributed by atoms with E-state index < -0.39 is 5.25 Å². The van der Waals surface area contributed by atoms with Gasteiger partial charge in [0.1, 0.15) is 0 Å². The maximum Gasteiger partial charge on any atom is 0.247 e. The largest absolute Gasteiger partial charge is 0.326 e. The highest BCUT2D eigenvalue weighted by Gasteiger charge is 2.40. The highest BCUT2D eigenvalue weighted by atomic mass is 35.5. The van der Waals surface area contributed by atoms with Crippen LogP contribution >= 0.6 is 23.4 Å². The lowest BCUT2D eigenvalue weighted by atomic mass is 10.1. The molecule has 1 heterocycles. The topological polar surface area (TPSA) is 66.5 Å². The molecule has 1 aliphatic heterocycles. The van der Waals surface area contributed by atoms with Gasteiger partial charge in [0.05, 0.1) is 17.4 Å². The number of carbonyl (C=O) groups is 3. The number of nitrogens with zero attached hydrogens (tertiary/aromatic N) is 1. The Balaban J connectivity index is 1.37. The van der Waals surface area contributed by atoms with Gasteiger partial charge in [-0.15, -0.1) is 11.8 Å². The van der Waals surface area contributed by atoms with E-state index >= 15 is 0 Å². The van der Waals surface area contributed by atoms with Crippen LogP contribution in [0.3, 0.4) is 0 Å². The average Bonchev–Trinajstić information content (AvgIpc) is 3.03. The van der Waals surface area contributed by atoms with Crippen molar-refractivity contribution >= 4 is 52.5 Å². The van der Waals surface area contributed by atoms with Crippen molar-refractivity contribution in [2.24, 2.45) is 0 Å². The third-order valence-electron chi connectivity index (χ3n) is 4.80. The number of halogens is 1. The minimum atomic E-state index is -0.495. The van der Waals surface area contributed by atoms with Crippen LogP contribution in [0.1, 0.15) is 12.0 Å². The van der Waals surface area contributed by atoms with Crippen LogP contribution in [-0.4, -0.2) is 23.0 Å². The normalized spacial score (nSPS) is 15.9. The van der Waals surface area contributed by atoms with Crippen LogP contribution in [0.5, 0.6) is 0 Å². The van der Waals surface area contributed by atoms with Crippen LogP contribution in [0.15, 0.2) is 83.8 Å². The zero-order valence-electron chi connectivity index (χ0n) is 16.5. The van der Waals surface area contributed by atoms with E-state index in [-0.39, 0.29) is 24.1 Å². The van der Waals surface area contributed by atoms with Gasteiger partial charge in [0.25, 0.3) is 0 Å². The summed E-state index contributed by atoms with van der Waals surface area (Å²) in [5.41, 5.74) is 2.11. The number of thioether (sulfide) groups is 1. The number of nitrogens with one attached hydrogen (secondary N) is 1. The van der Waals surface area contributed by atoms with Crippen LogP contribution < -0.4 is 10.2 Å². The first-order valence-corrected chi connectivity index (χ1v) is 11.0. The monoisotopic (exact) mass is 450 g/mol. The molecule has 5 nitrogen and oxygen atoms in total. The van der Waals surface area contributed by atoms with Crippen LogP contribution in [0.2, 0.25) is 5.02 Å². The molecule has 3 aromatic carbocycles. The molecule has 0 unspecified atom stereocenters. The summed E-state index contributed by atoms with van der Waals surface area (Å²) in [4.78, 5) is 39.5. The number of amides is 3. The van der Waals surface area contributed by atoms with Crippen molar-refractivity contribution in [3.63, 3.8) is 0 Å². The van der Waals surface area contributed by atoms with Gasteiger partial charge >= 0.3 is 0 Å². The lowest BCUT2D eigenvalue weighted by Gasteiger charge is -2.15. The quantitative estimate of drug-likeness (QED) is 0.540. The van der Waals surface area contributed by atoms with Gasteiger partial charge in [-0.3, -0.25) is 14.4 Å². The van der Waals surface area contributed by atoms with Gasteiger partial charge in [-0.05, 0) is 48.0 Å². The minimum absolute atomic E-state index is 0.0969. The molecule has 1 saturated heterocycles. The third kappa shape index (κ3) is 5.16. The number of imide groups is 1. The van der Waals surface area contributed by atoms with E-state index in [9.17, 15) is 14.4 Å². The fourth-order valence-corrected chi connectivity index (χ4v) is 4.59. The second-order valence-electron chi connectivity index (χ2n) is 7.09. The van der Waals surface area contributed by atoms with Gasteiger partial charge < -0.3 is 5.32 Å². The predicted octanol–water partition coefficient (Wildman–Crippen LogP) is 4.95. The summed E-state index contributed by atoms with van der Waals surface area (Å²) in [5, 5.41) is 2.85. The Kier molecular flexibility index (Phi) is 6.39. The Labute approximate surface area is 189 Å². The lowest BCUT2D eigenvalue weighted by Crippen LogP contribution is -2.31. The standard InChI is InChI=1S/C24H19ClN2O3S/c25-17-7-4-8-19(14-17)27-23(29)15-21(24(27)30)31-20-11-9-18(10-12-20)26-22(28)13-16-5-2-1-3-6-16/h1-12,14,21H,13,15H2,(H,26,28)/t21-/m1/s1. The third-order valence-corrected chi connectivity index (χ3v) is 6.23. The number of hydrogen-bond donors (Lipinski definition) is 1. The van der Waals surface area contributed by atoms with Crippen molar-refractivity contribution in [2.75, 3.05) is 10.2 Å². The molecule has 7 heteroatoms. The van der Waals surface area contributed by atoms with Crippen molar-refractivity contribution in [1.82, 2.24) is 0 Å². The predicted molar refractivity (Wildman–Crippen MR) is 123 cm³/mol. The van der Waals surface area contributed by atoms with E-state index in [2.05, 4.69) is 5.32 Å². The lowest BCUT2D eigenvalue weighted by molar-refractivity contribution is -0.121. The Morgan fingerprint density at radius 3 is 2.45 bits per heavy atom. The molecule has 156 valence electrons. The fraction of sp³-hybridized carbons (Fsp3) is 0.125. The maximum absolute atomic E-state index is 12.8. The Hall–Kier alpha value is -3.09. The van der Waals surface area contributed by atoms with Crippen LogP contribution in [-0.2, 0) is 20.8 Å². The summed E-state index contributed by atoms with van der Waals surface area (Å²) in [6, 6.07) is 23.5. The molecule has 1 N–H and O–H groups in total. The van der Waals surface area contributed by atoms with E-state index in [1.165, 1.54) is 16.7 Å². The highest BCUT2D eigenvalue weighted by molar-refractivity contribution is 8.00. The first-order chi connectivity index (χ1) is 15.0. The molecule has 1 aliphatic rings. The highest BCUT2D eigenvalue weighted by Crippen LogP contribution is 2.35. The molecule has 3 amide bonds. The number of rotatable bonds is 6. The van der Waals surface area contributed by atoms with E-state index in [1.807, 2.05) is 42.5 Å². The molecule has 0 bridgehead atoms. The first-order valence-electron chi connectivity index (χ1n) is 9.72. The molecule has 0 radical (unpaired) electrons. The van der Waals surface area contributed by atoms with Crippen LogP contribution in [0.4, 0.5) is 11.4 Å². The van der Waals surface area contributed by atoms with Crippen LogP contribution in [0, 0.1) is 0 Å². The fourth-order valence-electron chi connectivity index (χ4n) is 3.35. The molecule has 31 heavy (non-hydrogen) atoms. The first kappa shape index (κ1) is 21.2. The van der Waals surface area contributed by atoms with Gasteiger partial charge in [0.2, 0.25) is 17.7 Å². The number of benzene rings is 3. The van der Waals surface area contributed by atoms with Gasteiger partial charge in [-0.25, -0.2) is 4.90 Å². The number of carbonyl (C=O) groups excluding carboxylic acids is 3. The van der Waals surface area contributed by atoms with Gasteiger partial charge in [-0.1, -0.05) is 48.0 Å². The molecule has 1 atom stereocenters. The van der Waals surface area contributed by atoms with Crippen molar-refractivity contribution in [3.05, 3.63) is 89.4 Å². The van der Waals surface area contributed by atoms with E-state index in [1.54, 1.807) is 36.4 Å². The average molecular weight is 451 g/mol. The SMILES string of the molecule is O=C(Cc1ccccc1)Nc1ccc(S[C@@H]2CC(=O)N(c3cccc(Cl)c3)C2=O)cc1. The molecule has 0 saturated carbocycles. The molecular formula is C24H19ClN2O3S. The molecule has 0 spiro atoms. The van der Waals surface area contributed by atoms with Gasteiger partial charge in [0.15, 0.2) is 0 Å². The summed E-state index contributed by atoms with van der Waals surface area (Å²) in [6.45, 7) is 0. The Bertz CT molecular complexity index is 1120. The Morgan fingerprint density at radius 2 is 1.74 bits per heavy atom. The zero-order chi connectivity index (χ0) is 21.8. The van der Waals surface area contributed by atoms with Crippen molar-refractivity contribution in [2.45, 2.75) is 23.0 Å². The smallest absolute Gasteiger partial charge is 0.247 e. The van der Waals surface area contributed by atoms with Crippen molar-refractivity contribution in [1.29, 1.82) is 0 Å². The summed E-state index contributed by atoms with van der Waals surface area (Å²) < 4.78 is 0. The van der Waals surface area contributed by atoms with Gasteiger partial charge in [-0.2, -0.15) is 0 Å². The molecule has 0 aromatic heterocycles. The summed E-state index contributed by atoms with van der Waals surface area (Å²) in [5.74, 6) is -0.590. The second-order valence-corrected chi connectivity index (χ2v) is 8.81. The molecule has 1 fully saturated rings. The molecular weight excluding hydrogens is 432 g/mol. The van der Waals surface area contributed by atoms with Gasteiger partial charge in [0, 0.05) is 22.0 Å². The summed E-state index contributed by atoms with van der Waals surface area (Å²) in [6.07, 6.45) is 0.431. The summed E-state index contributed by atoms with van der Waals surface area (Å²) in [7, 11) is 0. The minimum Gasteiger partial charge on any atom is -0.326 e. The Morgan fingerprint density at radius 1 is 1.00 bits per heavy atom. The van der Waals surface area contributed by atoms with E-state index in [4.69, 9.17) is 11.6 Å². The molecule has 4 rings (SSSR count). The molecule has 0 aliphatic carbocycles. The van der Waals surface area contributed by atoms with E-state index in [0.717, 1.165) is 10.5 Å². The summed E-state index contributed by atoms with van der Waals surface area (Å²) >= 11 is 7.33. The number of anilines is 2. The molecule has 3 aromatic rings. The van der Waals surface area contributed by atoms with Crippen molar-refractivity contribution in [3.8, 4) is 0 Å². The van der Waals surface area contributed by atoms with E-state index in [0.29, 0.717) is 22.8 Å². The van der Waals surface area contributed by atoms with Crippen LogP contribution in [0.25, 0.3) is 0 Å². The second kappa shape index (κ2) is 9.37. The van der Waals surface area contributed by atoms with Crippen molar-refractivity contribution < 1.29 is 14.4 Å². The number of hydrogen-bond acceptors (Lipinski definition) is 4. The maximum atomic E-state index is 12.8.